The Labute approximate surface area is 84.4 Å². The van der Waals surface area contributed by atoms with Crippen molar-refractivity contribution in [3.63, 3.8) is 0 Å². The zero-order valence-corrected chi connectivity index (χ0v) is 8.60. The lowest BCUT2D eigenvalue weighted by Gasteiger charge is -2.24. The van der Waals surface area contributed by atoms with Crippen molar-refractivity contribution in [3.05, 3.63) is 0 Å². The molecule has 2 saturated carbocycles. The second-order valence-corrected chi connectivity index (χ2v) is 5.62. The van der Waals surface area contributed by atoms with Crippen LogP contribution in [0.5, 0.6) is 0 Å². The van der Waals surface area contributed by atoms with Crippen LogP contribution in [0.25, 0.3) is 0 Å². The molecule has 0 aliphatic heterocycles. The number of hydrogen-bond acceptors (Lipinski definition) is 1. The number of hydrogen-bond donors (Lipinski definition) is 1. The Bertz CT molecular complexity index is 257. The molecule has 0 aromatic carbocycles. The summed E-state index contributed by atoms with van der Waals surface area (Å²) >= 11 is -3.01. The lowest BCUT2D eigenvalue weighted by atomic mass is 9.86. The predicted octanol–water partition coefficient (Wildman–Crippen LogP) is 2.63. The minimum absolute atomic E-state index is 0.0279. The highest BCUT2D eigenvalue weighted by Crippen LogP contribution is 2.51. The molecule has 0 heterocycles. The maximum atomic E-state index is 13.0. The Morgan fingerprint density at radius 1 is 1.36 bits per heavy atom. The van der Waals surface area contributed by atoms with E-state index >= 15 is 0 Å². The number of rotatable bonds is 3. The molecule has 0 saturated heterocycles. The molecule has 0 radical (unpaired) electrons. The molecule has 2 aliphatic carbocycles. The van der Waals surface area contributed by atoms with E-state index in [9.17, 15) is 13.0 Å². The summed E-state index contributed by atoms with van der Waals surface area (Å²) in [6.07, 6.45) is 3.67. The molecule has 0 aromatic heterocycles. The second-order valence-electron chi connectivity index (χ2n) is 4.53. The minimum Gasteiger partial charge on any atom is -0.301 e. The quantitative estimate of drug-likeness (QED) is 0.748. The largest absolute Gasteiger partial charge is 0.345 e. The predicted molar refractivity (Wildman–Crippen MR) is 49.3 cm³/mol. The number of alkyl halides is 2. The van der Waals surface area contributed by atoms with Gasteiger partial charge in [0.1, 0.15) is 0 Å². The van der Waals surface area contributed by atoms with Gasteiger partial charge in [0.25, 0.3) is 0 Å². The van der Waals surface area contributed by atoms with Crippen LogP contribution in [-0.4, -0.2) is 14.0 Å². The first kappa shape index (κ1) is 10.5. The number of fused-ring (bicyclic) bond motifs is 2. The van der Waals surface area contributed by atoms with Gasteiger partial charge in [-0.2, -0.15) is 8.78 Å². The van der Waals surface area contributed by atoms with Crippen LogP contribution >= 0.6 is 0 Å². The SMILES string of the molecule is O=S(O)C(F)(F)CC1CC2CCC1C2. The van der Waals surface area contributed by atoms with Crippen molar-refractivity contribution in [1.29, 1.82) is 0 Å². The topological polar surface area (TPSA) is 37.3 Å². The standard InChI is InChI=1S/C9H14F2O2S/c10-9(11,14(12)13)5-8-4-6-1-2-7(8)3-6/h6-8H,1-5H2,(H,12,13). The fourth-order valence-corrected chi connectivity index (χ4v) is 3.36. The van der Waals surface area contributed by atoms with Gasteiger partial charge in [0.2, 0.25) is 11.1 Å². The molecule has 2 rings (SSSR count). The van der Waals surface area contributed by atoms with Gasteiger partial charge in [-0.3, -0.25) is 0 Å². The van der Waals surface area contributed by atoms with E-state index in [0.29, 0.717) is 11.8 Å². The molecule has 82 valence electrons. The van der Waals surface area contributed by atoms with E-state index in [1.807, 2.05) is 0 Å². The lowest BCUT2D eigenvalue weighted by Crippen LogP contribution is -2.28. The van der Waals surface area contributed by atoms with Gasteiger partial charge < -0.3 is 4.55 Å². The van der Waals surface area contributed by atoms with Gasteiger partial charge >= 0.3 is 5.25 Å². The molecule has 2 nitrogen and oxygen atoms in total. The Hall–Kier alpha value is -0.0300. The van der Waals surface area contributed by atoms with Crippen molar-refractivity contribution >= 4 is 11.1 Å². The highest BCUT2D eigenvalue weighted by molar-refractivity contribution is 7.80. The average Bonchev–Trinajstić information content (AvgIpc) is 2.63. The van der Waals surface area contributed by atoms with Crippen LogP contribution < -0.4 is 0 Å². The Kier molecular flexibility index (Phi) is 2.64. The van der Waals surface area contributed by atoms with Gasteiger partial charge in [-0.25, -0.2) is 4.21 Å². The first-order chi connectivity index (χ1) is 6.49. The van der Waals surface area contributed by atoms with Crippen molar-refractivity contribution in [2.45, 2.75) is 37.4 Å². The van der Waals surface area contributed by atoms with Crippen molar-refractivity contribution in [3.8, 4) is 0 Å². The van der Waals surface area contributed by atoms with Gasteiger partial charge in [-0.1, -0.05) is 6.42 Å². The zero-order valence-electron chi connectivity index (χ0n) is 7.79. The van der Waals surface area contributed by atoms with E-state index in [1.165, 1.54) is 0 Å². The Morgan fingerprint density at radius 3 is 2.50 bits per heavy atom. The molecule has 4 unspecified atom stereocenters. The van der Waals surface area contributed by atoms with E-state index in [4.69, 9.17) is 4.55 Å². The van der Waals surface area contributed by atoms with Crippen LogP contribution in [0.4, 0.5) is 8.78 Å². The van der Waals surface area contributed by atoms with Gasteiger partial charge in [0, 0.05) is 6.42 Å². The van der Waals surface area contributed by atoms with Crippen molar-refractivity contribution in [2.24, 2.45) is 17.8 Å². The Morgan fingerprint density at radius 2 is 2.07 bits per heavy atom. The third-order valence-corrected chi connectivity index (χ3v) is 4.32. The molecular formula is C9H14F2O2S. The zero-order chi connectivity index (χ0) is 10.3. The van der Waals surface area contributed by atoms with Crippen LogP contribution in [0.2, 0.25) is 0 Å². The lowest BCUT2D eigenvalue weighted by molar-refractivity contribution is 0.0497. The van der Waals surface area contributed by atoms with Gasteiger partial charge in [0.15, 0.2) is 0 Å². The molecule has 0 spiro atoms. The van der Waals surface area contributed by atoms with E-state index in [0.717, 1.165) is 25.7 Å². The third-order valence-electron chi connectivity index (χ3n) is 3.64. The summed E-state index contributed by atoms with van der Waals surface area (Å²) in [5.74, 6) is 0.960. The van der Waals surface area contributed by atoms with Crippen molar-refractivity contribution < 1.29 is 17.5 Å². The highest BCUT2D eigenvalue weighted by Gasteiger charge is 2.47. The summed E-state index contributed by atoms with van der Waals surface area (Å²) in [5, 5.41) is -3.41. The normalized spacial score (nSPS) is 38.9. The van der Waals surface area contributed by atoms with E-state index in [-0.39, 0.29) is 5.92 Å². The molecule has 0 aromatic rings. The second kappa shape index (κ2) is 3.52. The fourth-order valence-electron chi connectivity index (χ4n) is 3.00. The Balaban J connectivity index is 1.95. The maximum absolute atomic E-state index is 13.0. The van der Waals surface area contributed by atoms with Gasteiger partial charge in [-0.15, -0.1) is 0 Å². The summed E-state index contributed by atoms with van der Waals surface area (Å²) in [6, 6.07) is 0. The molecular weight excluding hydrogens is 210 g/mol. The van der Waals surface area contributed by atoms with Gasteiger partial charge in [-0.05, 0) is 37.0 Å². The third kappa shape index (κ3) is 1.84. The summed E-state index contributed by atoms with van der Waals surface area (Å²) in [4.78, 5) is 0. The van der Waals surface area contributed by atoms with E-state index in [1.54, 1.807) is 0 Å². The molecule has 14 heavy (non-hydrogen) atoms. The van der Waals surface area contributed by atoms with Crippen LogP contribution in [0, 0.1) is 17.8 Å². The number of halogens is 2. The fraction of sp³-hybridized carbons (Fsp3) is 1.00. The van der Waals surface area contributed by atoms with Crippen LogP contribution in [0.15, 0.2) is 0 Å². The maximum Gasteiger partial charge on any atom is 0.345 e. The smallest absolute Gasteiger partial charge is 0.301 e. The molecule has 2 aliphatic rings. The molecule has 2 bridgehead atoms. The van der Waals surface area contributed by atoms with Crippen molar-refractivity contribution in [1.82, 2.24) is 0 Å². The van der Waals surface area contributed by atoms with Crippen molar-refractivity contribution in [2.75, 3.05) is 0 Å². The molecule has 5 heteroatoms. The summed E-state index contributed by atoms with van der Waals surface area (Å²) in [5.41, 5.74) is 0. The highest BCUT2D eigenvalue weighted by atomic mass is 32.2. The molecule has 4 atom stereocenters. The summed E-state index contributed by atoms with van der Waals surface area (Å²) in [6.45, 7) is 0. The summed E-state index contributed by atoms with van der Waals surface area (Å²) in [7, 11) is 0. The first-order valence-corrected chi connectivity index (χ1v) is 6.08. The average molecular weight is 224 g/mol. The van der Waals surface area contributed by atoms with Gasteiger partial charge in [0.05, 0.1) is 0 Å². The minimum atomic E-state index is -3.41. The first-order valence-electron chi connectivity index (χ1n) is 4.98. The molecule has 1 N–H and O–H groups in total. The van der Waals surface area contributed by atoms with E-state index in [2.05, 4.69) is 0 Å². The van der Waals surface area contributed by atoms with Crippen LogP contribution in [0.3, 0.4) is 0 Å². The van der Waals surface area contributed by atoms with Crippen LogP contribution in [0.1, 0.15) is 32.1 Å². The van der Waals surface area contributed by atoms with Crippen LogP contribution in [-0.2, 0) is 11.1 Å². The molecule has 0 amide bonds. The molecule has 2 fully saturated rings. The monoisotopic (exact) mass is 224 g/mol. The summed E-state index contributed by atoms with van der Waals surface area (Å²) < 4.78 is 44.8. The van der Waals surface area contributed by atoms with E-state index < -0.39 is 22.8 Å².